The van der Waals surface area contributed by atoms with Gasteiger partial charge >= 0.3 is 0 Å². The minimum absolute atomic E-state index is 0.139. The third kappa shape index (κ3) is 4.34. The lowest BCUT2D eigenvalue weighted by Gasteiger charge is -2.26. The maximum atomic E-state index is 6.20. The monoisotopic (exact) mass is 684 g/mol. The largest absolute Gasteiger partial charge is 0.456 e. The highest BCUT2D eigenvalue weighted by Gasteiger charge is 2.36. The molecule has 0 unspecified atom stereocenters. The number of para-hydroxylation sites is 2. The molecule has 11 rings (SSSR count). The van der Waals surface area contributed by atoms with Gasteiger partial charge in [0.15, 0.2) is 0 Å². The molecule has 4 heteroatoms. The van der Waals surface area contributed by atoms with E-state index in [4.69, 9.17) is 9.40 Å². The van der Waals surface area contributed by atoms with E-state index in [0.29, 0.717) is 0 Å². The summed E-state index contributed by atoms with van der Waals surface area (Å²) < 4.78 is 7.43. The van der Waals surface area contributed by atoms with Crippen molar-refractivity contribution in [2.75, 3.05) is 4.90 Å². The third-order valence-electron chi connectivity index (χ3n) is 11.0. The molecule has 0 radical (unpaired) electrons. The molecule has 1 aliphatic rings. The van der Waals surface area contributed by atoms with Gasteiger partial charge in [-0.3, -0.25) is 0 Å². The number of fused-ring (bicyclic) bond motifs is 10. The van der Waals surface area contributed by atoms with Gasteiger partial charge in [0, 0.05) is 38.8 Å². The second kappa shape index (κ2) is 10.9. The number of nitrogens with zero attached hydrogens (tertiary/aromatic N) is 2. The van der Waals surface area contributed by atoms with Crippen LogP contribution in [0, 0.1) is 0 Å². The van der Waals surface area contributed by atoms with Crippen LogP contribution in [0.15, 0.2) is 162 Å². The van der Waals surface area contributed by atoms with Crippen LogP contribution >= 0.6 is 11.3 Å². The highest BCUT2D eigenvalue weighted by molar-refractivity contribution is 7.21. The number of benzene rings is 8. The average molecular weight is 685 g/mol. The second-order valence-corrected chi connectivity index (χ2v) is 15.4. The Kier molecular flexibility index (Phi) is 6.17. The minimum atomic E-state index is -0.139. The van der Waals surface area contributed by atoms with Crippen molar-refractivity contribution in [3.05, 3.63) is 169 Å². The lowest BCUT2D eigenvalue weighted by atomic mass is 9.81. The Morgan fingerprint density at radius 1 is 0.519 bits per heavy atom. The average Bonchev–Trinajstić information content (AvgIpc) is 3.84. The molecule has 52 heavy (non-hydrogen) atoms. The molecule has 0 amide bonds. The van der Waals surface area contributed by atoms with Crippen molar-refractivity contribution in [1.82, 2.24) is 4.98 Å². The van der Waals surface area contributed by atoms with E-state index in [2.05, 4.69) is 164 Å². The Bertz CT molecular complexity index is 3050. The van der Waals surface area contributed by atoms with E-state index in [1.54, 1.807) is 11.3 Å². The van der Waals surface area contributed by atoms with Crippen LogP contribution in [0.5, 0.6) is 0 Å². The normalized spacial score (nSPS) is 13.3. The van der Waals surface area contributed by atoms with Crippen molar-refractivity contribution < 1.29 is 4.42 Å². The first-order chi connectivity index (χ1) is 25.5. The Morgan fingerprint density at radius 3 is 2.00 bits per heavy atom. The van der Waals surface area contributed by atoms with Gasteiger partial charge in [-0.25, -0.2) is 4.98 Å². The number of rotatable bonds is 4. The third-order valence-corrected chi connectivity index (χ3v) is 12.1. The van der Waals surface area contributed by atoms with Crippen LogP contribution < -0.4 is 4.90 Å². The maximum Gasteiger partial charge on any atom is 0.135 e. The molecule has 0 fully saturated rings. The summed E-state index contributed by atoms with van der Waals surface area (Å²) in [6.45, 7) is 4.72. The van der Waals surface area contributed by atoms with Crippen LogP contribution in [0.25, 0.3) is 75.4 Å². The number of furan rings is 1. The summed E-state index contributed by atoms with van der Waals surface area (Å²) in [6, 6.07) is 57.0. The van der Waals surface area contributed by atoms with Crippen LogP contribution in [-0.4, -0.2) is 4.98 Å². The van der Waals surface area contributed by atoms with Gasteiger partial charge in [0.2, 0.25) is 0 Å². The van der Waals surface area contributed by atoms with E-state index < -0.39 is 0 Å². The summed E-state index contributed by atoms with van der Waals surface area (Å²) >= 11 is 1.78. The zero-order valence-electron chi connectivity index (χ0n) is 28.7. The molecule has 0 saturated heterocycles. The highest BCUT2D eigenvalue weighted by Crippen LogP contribution is 2.52. The standard InChI is InChI=1S/C48H32N2OS/c1-48(2)41-23-31-18-17-29-19-20-33(50(32-13-7-4-8-14-32)34-21-22-45-40(25-34)35-15-9-10-16-44(35)51-45)24-36(29)37(31)26-38(41)39-27-46-43(28-42(39)48)49-47(52-46)30-11-5-3-6-12-30/h3-28H,1-2H3. The van der Waals surface area contributed by atoms with E-state index in [1.165, 1.54) is 54.1 Å². The van der Waals surface area contributed by atoms with E-state index in [9.17, 15) is 0 Å². The van der Waals surface area contributed by atoms with E-state index in [-0.39, 0.29) is 5.41 Å². The smallest absolute Gasteiger partial charge is 0.135 e. The van der Waals surface area contributed by atoms with Crippen molar-refractivity contribution in [1.29, 1.82) is 0 Å². The number of hydrogen-bond donors (Lipinski definition) is 0. The van der Waals surface area contributed by atoms with Gasteiger partial charge in [0.1, 0.15) is 16.2 Å². The fourth-order valence-electron chi connectivity index (χ4n) is 8.41. The molecule has 2 aromatic heterocycles. The molecular weight excluding hydrogens is 653 g/mol. The van der Waals surface area contributed by atoms with Crippen molar-refractivity contribution in [2.45, 2.75) is 19.3 Å². The molecule has 0 aliphatic heterocycles. The summed E-state index contributed by atoms with van der Waals surface area (Å²) in [4.78, 5) is 7.46. The zero-order chi connectivity index (χ0) is 34.6. The molecular formula is C48H32N2OS. The molecule has 8 aromatic carbocycles. The van der Waals surface area contributed by atoms with Gasteiger partial charge in [0.05, 0.1) is 10.2 Å². The fourth-order valence-corrected chi connectivity index (χ4v) is 9.40. The van der Waals surface area contributed by atoms with E-state index in [0.717, 1.165) is 49.5 Å². The Hall–Kier alpha value is -6.23. The van der Waals surface area contributed by atoms with E-state index in [1.807, 2.05) is 12.1 Å². The summed E-state index contributed by atoms with van der Waals surface area (Å²) in [6.07, 6.45) is 0. The van der Waals surface area contributed by atoms with Crippen LogP contribution in [0.1, 0.15) is 25.0 Å². The molecule has 10 aromatic rings. The van der Waals surface area contributed by atoms with Gasteiger partial charge in [-0.15, -0.1) is 11.3 Å². The summed E-state index contributed by atoms with van der Waals surface area (Å²) in [5, 5.41) is 8.29. The first kappa shape index (κ1) is 29.5. The summed E-state index contributed by atoms with van der Waals surface area (Å²) in [5.74, 6) is 0. The molecule has 0 N–H and O–H groups in total. The second-order valence-electron chi connectivity index (χ2n) is 14.4. The predicted molar refractivity (Wildman–Crippen MR) is 220 cm³/mol. The van der Waals surface area contributed by atoms with Gasteiger partial charge in [-0.2, -0.15) is 0 Å². The van der Waals surface area contributed by atoms with Gasteiger partial charge in [-0.1, -0.05) is 98.8 Å². The number of aromatic nitrogens is 1. The number of hydrogen-bond acceptors (Lipinski definition) is 4. The Balaban J connectivity index is 1.10. The molecule has 1 aliphatic carbocycles. The first-order valence-corrected chi connectivity index (χ1v) is 18.6. The van der Waals surface area contributed by atoms with Crippen LogP contribution in [0.2, 0.25) is 0 Å². The minimum Gasteiger partial charge on any atom is -0.456 e. The van der Waals surface area contributed by atoms with Crippen molar-refractivity contribution in [2.24, 2.45) is 0 Å². The highest BCUT2D eigenvalue weighted by atomic mass is 32.1. The summed E-state index contributed by atoms with van der Waals surface area (Å²) in [7, 11) is 0. The topological polar surface area (TPSA) is 29.3 Å². The SMILES string of the molecule is CC1(C)c2cc3ccc4ccc(N(c5ccccc5)c5ccc6oc7ccccc7c6c5)cc4c3cc2-c2cc3sc(-c4ccccc4)nc3cc21. The van der Waals surface area contributed by atoms with Gasteiger partial charge in [-0.05, 0) is 117 Å². The van der Waals surface area contributed by atoms with Crippen LogP contribution in [-0.2, 0) is 5.41 Å². The van der Waals surface area contributed by atoms with Gasteiger partial charge in [0.25, 0.3) is 0 Å². The Morgan fingerprint density at radius 2 is 1.15 bits per heavy atom. The molecule has 3 nitrogen and oxygen atoms in total. The van der Waals surface area contributed by atoms with Gasteiger partial charge < -0.3 is 9.32 Å². The molecule has 246 valence electrons. The first-order valence-electron chi connectivity index (χ1n) is 17.8. The predicted octanol–water partition coefficient (Wildman–Crippen LogP) is 13.9. The molecule has 0 spiro atoms. The fraction of sp³-hybridized carbons (Fsp3) is 0.0625. The zero-order valence-corrected chi connectivity index (χ0v) is 29.5. The lowest BCUT2D eigenvalue weighted by Crippen LogP contribution is -2.14. The van der Waals surface area contributed by atoms with Crippen molar-refractivity contribution in [3.63, 3.8) is 0 Å². The quantitative estimate of drug-likeness (QED) is 0.173. The molecule has 0 saturated carbocycles. The molecule has 0 atom stereocenters. The maximum absolute atomic E-state index is 6.20. The van der Waals surface area contributed by atoms with Crippen molar-refractivity contribution in [3.8, 4) is 21.7 Å². The molecule has 0 bridgehead atoms. The molecule has 2 heterocycles. The number of anilines is 3. The van der Waals surface area contributed by atoms with Crippen molar-refractivity contribution >= 4 is 82.1 Å². The van der Waals surface area contributed by atoms with Crippen LogP contribution in [0.3, 0.4) is 0 Å². The lowest BCUT2D eigenvalue weighted by molar-refractivity contribution is 0.662. The summed E-state index contributed by atoms with van der Waals surface area (Å²) in [5.41, 5.74) is 12.6. The Labute approximate surface area is 305 Å². The van der Waals surface area contributed by atoms with E-state index >= 15 is 0 Å². The number of thiazole rings is 1. The van der Waals surface area contributed by atoms with Crippen LogP contribution in [0.4, 0.5) is 17.1 Å².